The van der Waals surface area contributed by atoms with Crippen molar-refractivity contribution < 1.29 is 17.9 Å². The molecule has 0 atom stereocenters. The Hall–Kier alpha value is -2.64. The van der Waals surface area contributed by atoms with Crippen LogP contribution >= 0.6 is 0 Å². The van der Waals surface area contributed by atoms with E-state index >= 15 is 0 Å². The first-order valence-corrected chi connectivity index (χ1v) is 9.19. The molecule has 132 valence electrons. The van der Waals surface area contributed by atoms with Crippen LogP contribution < -0.4 is 14.8 Å². The number of anilines is 1. The summed E-state index contributed by atoms with van der Waals surface area (Å²) in [6, 6.07) is 12.8. The van der Waals surface area contributed by atoms with Gasteiger partial charge in [0.25, 0.3) is 5.91 Å². The van der Waals surface area contributed by atoms with Gasteiger partial charge in [0.2, 0.25) is 10.0 Å². The van der Waals surface area contributed by atoms with Crippen molar-refractivity contribution >= 4 is 21.6 Å². The lowest BCUT2D eigenvalue weighted by Crippen LogP contribution is -2.24. The summed E-state index contributed by atoms with van der Waals surface area (Å²) < 4.78 is 31.9. The number of benzene rings is 2. The number of carbonyl (C=O) groups is 1. The zero-order valence-corrected chi connectivity index (χ0v) is 14.7. The molecule has 1 amide bonds. The van der Waals surface area contributed by atoms with Gasteiger partial charge >= 0.3 is 0 Å². The molecule has 0 aromatic heterocycles. The van der Waals surface area contributed by atoms with Crippen molar-refractivity contribution in [3.8, 4) is 5.75 Å². The first-order chi connectivity index (χ1) is 12.0. The lowest BCUT2D eigenvalue weighted by Gasteiger charge is -2.09. The Balaban J connectivity index is 2.14. The second kappa shape index (κ2) is 8.46. The van der Waals surface area contributed by atoms with E-state index in [9.17, 15) is 13.2 Å². The highest BCUT2D eigenvalue weighted by atomic mass is 32.2. The topological polar surface area (TPSA) is 84.5 Å². The van der Waals surface area contributed by atoms with Gasteiger partial charge in [0, 0.05) is 17.8 Å². The minimum absolute atomic E-state index is 0.0219. The summed E-state index contributed by atoms with van der Waals surface area (Å²) in [7, 11) is -3.68. The molecule has 2 rings (SSSR count). The normalized spacial score (nSPS) is 10.9. The predicted molar refractivity (Wildman–Crippen MR) is 97.4 cm³/mol. The molecule has 0 aliphatic rings. The van der Waals surface area contributed by atoms with Crippen molar-refractivity contribution in [2.45, 2.75) is 11.8 Å². The van der Waals surface area contributed by atoms with Crippen molar-refractivity contribution in [2.75, 3.05) is 18.5 Å². The summed E-state index contributed by atoms with van der Waals surface area (Å²) in [5.41, 5.74) is 0.835. The Kier molecular flexibility index (Phi) is 6.32. The molecule has 0 aliphatic heterocycles. The highest BCUT2D eigenvalue weighted by Crippen LogP contribution is 2.17. The van der Waals surface area contributed by atoms with E-state index in [0.29, 0.717) is 18.0 Å². The number of sulfonamides is 1. The van der Waals surface area contributed by atoms with Gasteiger partial charge in [-0.3, -0.25) is 4.79 Å². The van der Waals surface area contributed by atoms with Crippen LogP contribution in [0, 0.1) is 0 Å². The third kappa shape index (κ3) is 5.17. The molecule has 0 spiro atoms. The van der Waals surface area contributed by atoms with Crippen LogP contribution in [-0.2, 0) is 10.0 Å². The maximum absolute atomic E-state index is 12.3. The standard InChI is InChI=1S/C18H20N2O4S/c1-3-12-19-25(22,23)17-7-5-6-14(13-17)18(21)20-15-8-10-16(11-9-15)24-4-2/h3,5-11,13,19H,1,4,12H2,2H3,(H,20,21). The van der Waals surface area contributed by atoms with Crippen molar-refractivity contribution in [2.24, 2.45) is 0 Å². The molecule has 2 aromatic carbocycles. The summed E-state index contributed by atoms with van der Waals surface area (Å²) in [6.07, 6.45) is 1.44. The lowest BCUT2D eigenvalue weighted by atomic mass is 10.2. The number of ether oxygens (including phenoxy) is 1. The van der Waals surface area contributed by atoms with Crippen LogP contribution in [0.1, 0.15) is 17.3 Å². The van der Waals surface area contributed by atoms with Gasteiger partial charge in [-0.15, -0.1) is 6.58 Å². The monoisotopic (exact) mass is 360 g/mol. The Morgan fingerprint density at radius 1 is 1.20 bits per heavy atom. The van der Waals surface area contributed by atoms with Crippen LogP contribution in [0.2, 0.25) is 0 Å². The zero-order chi connectivity index (χ0) is 18.3. The van der Waals surface area contributed by atoms with Crippen LogP contribution in [0.5, 0.6) is 5.75 Å². The van der Waals surface area contributed by atoms with E-state index in [1.54, 1.807) is 30.3 Å². The maximum atomic E-state index is 12.3. The van der Waals surface area contributed by atoms with Gasteiger partial charge in [-0.25, -0.2) is 13.1 Å². The van der Waals surface area contributed by atoms with Gasteiger partial charge in [-0.1, -0.05) is 12.1 Å². The zero-order valence-electron chi connectivity index (χ0n) is 13.9. The van der Waals surface area contributed by atoms with Crippen LogP contribution in [0.3, 0.4) is 0 Å². The largest absolute Gasteiger partial charge is 0.494 e. The second-order valence-corrected chi connectivity index (χ2v) is 6.85. The molecule has 7 heteroatoms. The van der Waals surface area contributed by atoms with Gasteiger partial charge in [0.05, 0.1) is 11.5 Å². The molecule has 0 radical (unpaired) electrons. The Morgan fingerprint density at radius 2 is 1.92 bits per heavy atom. The molecule has 0 bridgehead atoms. The lowest BCUT2D eigenvalue weighted by molar-refractivity contribution is 0.102. The average molecular weight is 360 g/mol. The molecule has 0 unspecified atom stereocenters. The predicted octanol–water partition coefficient (Wildman–Crippen LogP) is 2.80. The van der Waals surface area contributed by atoms with Crippen molar-refractivity contribution in [3.05, 3.63) is 66.7 Å². The fourth-order valence-electron chi connectivity index (χ4n) is 2.06. The van der Waals surface area contributed by atoms with Gasteiger partial charge in [0.15, 0.2) is 0 Å². The number of amides is 1. The summed E-state index contributed by atoms with van der Waals surface area (Å²) >= 11 is 0. The van der Waals surface area contributed by atoms with Crippen molar-refractivity contribution in [1.82, 2.24) is 4.72 Å². The van der Waals surface area contributed by atoms with E-state index in [4.69, 9.17) is 4.74 Å². The second-order valence-electron chi connectivity index (χ2n) is 5.08. The van der Waals surface area contributed by atoms with Crippen molar-refractivity contribution in [1.29, 1.82) is 0 Å². The number of carbonyl (C=O) groups excluding carboxylic acids is 1. The fourth-order valence-corrected chi connectivity index (χ4v) is 3.10. The quantitative estimate of drug-likeness (QED) is 0.709. The number of rotatable bonds is 8. The molecule has 25 heavy (non-hydrogen) atoms. The average Bonchev–Trinajstić information content (AvgIpc) is 2.62. The van der Waals surface area contributed by atoms with Crippen LogP contribution in [-0.4, -0.2) is 27.5 Å². The summed E-state index contributed by atoms with van der Waals surface area (Å²) in [5, 5.41) is 2.72. The molecule has 2 aromatic rings. The Bertz CT molecular complexity index is 846. The first-order valence-electron chi connectivity index (χ1n) is 7.71. The Labute approximate surface area is 147 Å². The van der Waals surface area contributed by atoms with Crippen LogP contribution in [0.15, 0.2) is 66.1 Å². The maximum Gasteiger partial charge on any atom is 0.255 e. The molecule has 0 aliphatic carbocycles. The highest BCUT2D eigenvalue weighted by molar-refractivity contribution is 7.89. The number of hydrogen-bond acceptors (Lipinski definition) is 4. The van der Waals surface area contributed by atoms with E-state index in [0.717, 1.165) is 0 Å². The number of hydrogen-bond donors (Lipinski definition) is 2. The van der Waals surface area contributed by atoms with Gasteiger partial charge < -0.3 is 10.1 Å². The minimum Gasteiger partial charge on any atom is -0.494 e. The highest BCUT2D eigenvalue weighted by Gasteiger charge is 2.15. The molecule has 0 heterocycles. The van der Waals surface area contributed by atoms with Crippen LogP contribution in [0.25, 0.3) is 0 Å². The molecule has 6 nitrogen and oxygen atoms in total. The van der Waals surface area contributed by atoms with E-state index in [2.05, 4.69) is 16.6 Å². The number of nitrogens with one attached hydrogen (secondary N) is 2. The summed E-state index contributed by atoms with van der Waals surface area (Å²) in [4.78, 5) is 12.4. The minimum atomic E-state index is -3.68. The molecule has 0 fully saturated rings. The van der Waals surface area contributed by atoms with Crippen LogP contribution in [0.4, 0.5) is 5.69 Å². The third-order valence-corrected chi connectivity index (χ3v) is 4.67. The Morgan fingerprint density at radius 3 is 2.56 bits per heavy atom. The van der Waals surface area contributed by atoms with Gasteiger partial charge in [-0.2, -0.15) is 0 Å². The molecule has 2 N–H and O–H groups in total. The van der Waals surface area contributed by atoms with E-state index < -0.39 is 15.9 Å². The first kappa shape index (κ1) is 18.7. The summed E-state index contributed by atoms with van der Waals surface area (Å²) in [5.74, 6) is 0.312. The SMILES string of the molecule is C=CCNS(=O)(=O)c1cccc(C(=O)Nc2ccc(OCC)cc2)c1. The molecular weight excluding hydrogens is 340 g/mol. The van der Waals surface area contributed by atoms with Gasteiger partial charge in [0.1, 0.15) is 5.75 Å². The smallest absolute Gasteiger partial charge is 0.255 e. The molecule has 0 saturated heterocycles. The van der Waals surface area contributed by atoms with Crippen molar-refractivity contribution in [3.63, 3.8) is 0 Å². The molecule has 0 saturated carbocycles. The van der Waals surface area contributed by atoms with E-state index in [1.807, 2.05) is 6.92 Å². The summed E-state index contributed by atoms with van der Waals surface area (Å²) in [6.45, 7) is 6.04. The van der Waals surface area contributed by atoms with Gasteiger partial charge in [-0.05, 0) is 49.4 Å². The third-order valence-electron chi connectivity index (χ3n) is 3.25. The molecular formula is C18H20N2O4S. The van der Waals surface area contributed by atoms with E-state index in [1.165, 1.54) is 24.3 Å². The fraction of sp³-hybridized carbons (Fsp3) is 0.167. The van der Waals surface area contributed by atoms with E-state index in [-0.39, 0.29) is 17.0 Å².